The topological polar surface area (TPSA) is 96.2 Å². The summed E-state index contributed by atoms with van der Waals surface area (Å²) in [5, 5.41) is 0. The zero-order valence-electron chi connectivity index (χ0n) is 22.4. The van der Waals surface area contributed by atoms with Gasteiger partial charge in [0.2, 0.25) is 11.8 Å². The van der Waals surface area contributed by atoms with E-state index in [0.29, 0.717) is 12.1 Å². The second-order valence-electron chi connectivity index (χ2n) is 11.3. The first-order valence-corrected chi connectivity index (χ1v) is 14.3. The van der Waals surface area contributed by atoms with E-state index in [2.05, 4.69) is 29.7 Å². The Morgan fingerprint density at radius 3 is 2.46 bits per heavy atom. The minimum absolute atomic E-state index is 0.00522. The number of nitrogens with two attached hydrogens (primary N) is 1. The molecule has 5 rings (SSSR count). The van der Waals surface area contributed by atoms with Gasteiger partial charge in [-0.25, -0.2) is 0 Å². The Balaban J connectivity index is 1.53. The Bertz CT molecular complexity index is 1020. The van der Waals surface area contributed by atoms with Crippen LogP contribution in [0.1, 0.15) is 74.2 Å². The third-order valence-corrected chi connectivity index (χ3v) is 9.31. The fourth-order valence-corrected chi connectivity index (χ4v) is 7.13. The summed E-state index contributed by atoms with van der Waals surface area (Å²) in [6, 6.07) is 5.33. The fourth-order valence-electron chi connectivity index (χ4n) is 7.13. The number of piperazine rings is 1. The van der Waals surface area contributed by atoms with Crippen molar-refractivity contribution in [3.63, 3.8) is 0 Å². The molecule has 1 aromatic rings. The van der Waals surface area contributed by atoms with E-state index in [1.54, 1.807) is 4.90 Å². The average molecular weight is 511 g/mol. The lowest BCUT2D eigenvalue weighted by Gasteiger charge is -2.37. The molecule has 4 aliphatic rings. The zero-order chi connectivity index (χ0) is 26.1. The molecule has 2 N–H and O–H groups in total. The highest BCUT2D eigenvalue weighted by molar-refractivity contribution is 5.99. The molecular weight excluding hydrogens is 468 g/mol. The summed E-state index contributed by atoms with van der Waals surface area (Å²) >= 11 is 0. The van der Waals surface area contributed by atoms with E-state index in [9.17, 15) is 14.4 Å². The Kier molecular flexibility index (Phi) is 7.86. The number of likely N-dealkylation sites (tertiary alicyclic amines) is 1. The van der Waals surface area contributed by atoms with Gasteiger partial charge in [-0.3, -0.25) is 14.4 Å². The number of nitrogens with zero attached hydrogens (tertiary/aromatic N) is 3. The van der Waals surface area contributed by atoms with Crippen LogP contribution in [0.2, 0.25) is 0 Å². The number of anilines is 1. The van der Waals surface area contributed by atoms with Gasteiger partial charge in [-0.15, -0.1) is 0 Å². The summed E-state index contributed by atoms with van der Waals surface area (Å²) in [5.74, 6) is -0.741. The van der Waals surface area contributed by atoms with Gasteiger partial charge in [-0.1, -0.05) is 33.1 Å². The van der Waals surface area contributed by atoms with E-state index in [1.807, 2.05) is 12.1 Å². The number of hydrogen-bond donors (Lipinski definition) is 1. The van der Waals surface area contributed by atoms with Crippen LogP contribution in [-0.4, -0.2) is 85.4 Å². The van der Waals surface area contributed by atoms with E-state index in [4.69, 9.17) is 10.5 Å². The lowest BCUT2D eigenvalue weighted by Crippen LogP contribution is -2.47. The number of ether oxygens (including phenoxy) is 1. The van der Waals surface area contributed by atoms with Crippen LogP contribution in [-0.2, 0) is 14.3 Å². The largest absolute Gasteiger partial charge is 0.369 e. The maximum atomic E-state index is 14.5. The van der Waals surface area contributed by atoms with E-state index in [0.717, 1.165) is 76.1 Å². The zero-order valence-corrected chi connectivity index (χ0v) is 22.4. The van der Waals surface area contributed by atoms with Crippen molar-refractivity contribution >= 4 is 23.3 Å². The maximum absolute atomic E-state index is 14.5. The minimum Gasteiger partial charge on any atom is -0.369 e. The summed E-state index contributed by atoms with van der Waals surface area (Å²) in [4.78, 5) is 46.6. The normalized spacial score (nSPS) is 27.9. The first-order valence-electron chi connectivity index (χ1n) is 14.3. The molecule has 4 fully saturated rings. The predicted molar refractivity (Wildman–Crippen MR) is 143 cm³/mol. The second kappa shape index (κ2) is 11.1. The number of carbonyl (C=O) groups is 3. The summed E-state index contributed by atoms with van der Waals surface area (Å²) in [5.41, 5.74) is 8.10. The molecule has 1 saturated carbocycles. The van der Waals surface area contributed by atoms with Crippen LogP contribution in [0, 0.1) is 11.8 Å². The van der Waals surface area contributed by atoms with Gasteiger partial charge in [0.25, 0.3) is 0 Å². The molecule has 3 aliphatic heterocycles. The Labute approximate surface area is 220 Å². The monoisotopic (exact) mass is 510 g/mol. The van der Waals surface area contributed by atoms with Crippen LogP contribution in [0.4, 0.5) is 5.69 Å². The average Bonchev–Trinajstić information content (AvgIpc) is 3.49. The van der Waals surface area contributed by atoms with Crippen molar-refractivity contribution in [3.05, 3.63) is 29.3 Å². The molecule has 3 saturated heterocycles. The first kappa shape index (κ1) is 26.2. The molecular formula is C29H42N4O4. The van der Waals surface area contributed by atoms with Crippen LogP contribution in [0.25, 0.3) is 0 Å². The second-order valence-corrected chi connectivity index (χ2v) is 11.3. The molecule has 2 amide bonds. The van der Waals surface area contributed by atoms with Crippen molar-refractivity contribution in [2.24, 2.45) is 17.6 Å². The van der Waals surface area contributed by atoms with Gasteiger partial charge < -0.3 is 25.2 Å². The minimum atomic E-state index is -0.508. The van der Waals surface area contributed by atoms with Crippen molar-refractivity contribution in [2.45, 2.75) is 70.4 Å². The lowest BCUT2D eigenvalue weighted by atomic mass is 9.74. The number of amides is 2. The molecule has 37 heavy (non-hydrogen) atoms. The molecule has 202 valence electrons. The number of rotatable bonds is 7. The van der Waals surface area contributed by atoms with Crippen LogP contribution in [0.5, 0.6) is 0 Å². The van der Waals surface area contributed by atoms with Gasteiger partial charge in [-0.2, -0.15) is 0 Å². The van der Waals surface area contributed by atoms with Crippen LogP contribution >= 0.6 is 0 Å². The molecule has 4 atom stereocenters. The molecule has 0 unspecified atom stereocenters. The quantitative estimate of drug-likeness (QED) is 0.606. The van der Waals surface area contributed by atoms with E-state index in [-0.39, 0.29) is 36.2 Å². The van der Waals surface area contributed by atoms with Crippen molar-refractivity contribution in [2.75, 3.05) is 50.8 Å². The highest BCUT2D eigenvalue weighted by Gasteiger charge is 2.53. The van der Waals surface area contributed by atoms with Gasteiger partial charge in [0.1, 0.15) is 12.6 Å². The van der Waals surface area contributed by atoms with Gasteiger partial charge >= 0.3 is 0 Å². The number of carbonyl (C=O) groups excluding carboxylic acids is 3. The number of fused-ring (bicyclic) bond motifs is 1. The maximum Gasteiger partial charge on any atom is 0.249 e. The van der Waals surface area contributed by atoms with Crippen molar-refractivity contribution in [1.29, 1.82) is 0 Å². The van der Waals surface area contributed by atoms with E-state index in [1.165, 1.54) is 6.42 Å². The molecule has 3 heterocycles. The fraction of sp³-hybridized carbons (Fsp3) is 0.690. The molecule has 1 aromatic carbocycles. The lowest BCUT2D eigenvalue weighted by molar-refractivity contribution is -0.139. The Morgan fingerprint density at radius 2 is 1.81 bits per heavy atom. The van der Waals surface area contributed by atoms with Crippen molar-refractivity contribution < 1.29 is 19.1 Å². The van der Waals surface area contributed by atoms with Gasteiger partial charge in [-0.05, 0) is 55.5 Å². The number of benzene rings is 1. The highest BCUT2D eigenvalue weighted by atomic mass is 16.5. The highest BCUT2D eigenvalue weighted by Crippen LogP contribution is 2.43. The molecule has 0 aromatic heterocycles. The number of likely N-dealkylation sites (N-methyl/N-ethyl adjacent to an activating group) is 1. The molecule has 0 radical (unpaired) electrons. The van der Waals surface area contributed by atoms with E-state index < -0.39 is 17.9 Å². The predicted octanol–water partition coefficient (Wildman–Crippen LogP) is 2.80. The molecule has 1 aliphatic carbocycles. The SMILES string of the molecule is CC[C@H]1CN(C(=O)[C@H](c2cc(N3CCN(CC)CC3)ccc2C(N)=O)C2CCCCC2)[C@@H]2C(=O)CO[C@H]12. The summed E-state index contributed by atoms with van der Waals surface area (Å²) in [7, 11) is 0. The smallest absolute Gasteiger partial charge is 0.249 e. The third-order valence-electron chi connectivity index (χ3n) is 9.31. The summed E-state index contributed by atoms with van der Waals surface area (Å²) in [6.07, 6.45) is 5.84. The number of primary amides is 1. The third kappa shape index (κ3) is 5.02. The van der Waals surface area contributed by atoms with Crippen LogP contribution in [0.15, 0.2) is 18.2 Å². The first-order chi connectivity index (χ1) is 17.9. The molecule has 0 spiro atoms. The standard InChI is InChI=1S/C29H42N4O4/c1-3-19-17-33(26-24(34)18-37-27(19)26)29(36)25(20-8-6-5-7-9-20)23-16-21(10-11-22(23)28(30)35)32-14-12-31(4-2)13-15-32/h10-11,16,19-20,25-27H,3-9,12-15,17-18H2,1-2H3,(H2,30,35)/t19-,25-,26+,27+/m0/s1. The van der Waals surface area contributed by atoms with E-state index >= 15 is 0 Å². The van der Waals surface area contributed by atoms with Crippen LogP contribution in [0.3, 0.4) is 0 Å². The van der Waals surface area contributed by atoms with Gasteiger partial charge in [0.05, 0.1) is 12.0 Å². The molecule has 0 bridgehead atoms. The summed E-state index contributed by atoms with van der Waals surface area (Å²) < 4.78 is 5.85. The Morgan fingerprint density at radius 1 is 1.08 bits per heavy atom. The van der Waals surface area contributed by atoms with Gasteiger partial charge in [0, 0.05) is 49.9 Å². The van der Waals surface area contributed by atoms with Gasteiger partial charge in [0.15, 0.2) is 5.78 Å². The summed E-state index contributed by atoms with van der Waals surface area (Å²) in [6.45, 7) is 9.72. The molecule has 8 heteroatoms. The van der Waals surface area contributed by atoms with Crippen molar-refractivity contribution in [1.82, 2.24) is 9.80 Å². The molecule has 8 nitrogen and oxygen atoms in total. The number of Topliss-reactive ketones (excluding diaryl/α,β-unsaturated/α-hetero) is 1. The number of ketones is 1. The van der Waals surface area contributed by atoms with Crippen molar-refractivity contribution in [3.8, 4) is 0 Å². The van der Waals surface area contributed by atoms with Crippen LogP contribution < -0.4 is 10.6 Å². The number of hydrogen-bond acceptors (Lipinski definition) is 6. The Hall–Kier alpha value is -2.45.